The summed E-state index contributed by atoms with van der Waals surface area (Å²) in [4.78, 5) is 44.0. The Hall–Kier alpha value is -4.35. The Bertz CT molecular complexity index is 1360. The summed E-state index contributed by atoms with van der Waals surface area (Å²) in [6.45, 7) is -0.112. The highest BCUT2D eigenvalue weighted by atomic mass is 32.1. The fourth-order valence-corrected chi connectivity index (χ4v) is 4.48. The molecule has 4 rings (SSSR count). The Balaban J connectivity index is 1.35. The van der Waals surface area contributed by atoms with E-state index in [1.165, 1.54) is 17.4 Å². The molecule has 2 aromatic heterocycles. The van der Waals surface area contributed by atoms with Crippen molar-refractivity contribution in [3.63, 3.8) is 0 Å². The number of rotatable bonds is 10. The number of carbonyl (C=O) groups excluding carboxylic acids is 2. The molecule has 1 amide bonds. The minimum Gasteiger partial charge on any atom is -0.457 e. The van der Waals surface area contributed by atoms with Gasteiger partial charge in [-0.2, -0.15) is 0 Å². The summed E-state index contributed by atoms with van der Waals surface area (Å²) in [5.74, 6) is -1.33. The quantitative estimate of drug-likeness (QED) is 0.186. The number of fused-ring (bicyclic) bond motifs is 1. The van der Waals surface area contributed by atoms with Crippen LogP contribution >= 0.6 is 11.3 Å². The van der Waals surface area contributed by atoms with Crippen LogP contribution in [0.4, 0.5) is 5.00 Å². The maximum atomic E-state index is 12.9. The van der Waals surface area contributed by atoms with E-state index in [2.05, 4.69) is 15.1 Å². The van der Waals surface area contributed by atoms with Crippen LogP contribution in [0, 0.1) is 10.1 Å². The van der Waals surface area contributed by atoms with E-state index in [4.69, 9.17) is 10.5 Å². The van der Waals surface area contributed by atoms with Gasteiger partial charge in [0, 0.05) is 18.9 Å². The highest BCUT2D eigenvalue weighted by molar-refractivity contribution is 7.22. The SMILES string of the molecule is NCC(C(=O)Nc1cc2ccncc2s1)c1ccc(COC(=O)c2cccc(CO[N+](=O)[O-])c2)cc1. The number of thiophene rings is 1. The van der Waals surface area contributed by atoms with Crippen LogP contribution in [-0.2, 0) is 27.6 Å². The number of benzene rings is 2. The van der Waals surface area contributed by atoms with Crippen molar-refractivity contribution in [2.24, 2.45) is 5.73 Å². The second-order valence-corrected chi connectivity index (χ2v) is 8.90. The van der Waals surface area contributed by atoms with Crippen molar-refractivity contribution < 1.29 is 24.3 Å². The van der Waals surface area contributed by atoms with Crippen LogP contribution in [0.25, 0.3) is 10.1 Å². The molecular weight excluding hydrogens is 484 g/mol. The van der Waals surface area contributed by atoms with Crippen LogP contribution in [0.2, 0.25) is 0 Å². The first-order valence-corrected chi connectivity index (χ1v) is 11.7. The summed E-state index contributed by atoms with van der Waals surface area (Å²) in [7, 11) is 0. The molecule has 2 heterocycles. The van der Waals surface area contributed by atoms with Gasteiger partial charge >= 0.3 is 5.97 Å². The van der Waals surface area contributed by atoms with Gasteiger partial charge in [-0.05, 0) is 46.3 Å². The minimum atomic E-state index is -0.894. The van der Waals surface area contributed by atoms with Crippen molar-refractivity contribution in [1.82, 2.24) is 4.98 Å². The Morgan fingerprint density at radius 2 is 1.89 bits per heavy atom. The molecule has 0 fully saturated rings. The molecule has 36 heavy (non-hydrogen) atoms. The van der Waals surface area contributed by atoms with Gasteiger partial charge in [-0.1, -0.05) is 36.4 Å². The predicted molar refractivity (Wildman–Crippen MR) is 134 cm³/mol. The molecule has 0 spiro atoms. The summed E-state index contributed by atoms with van der Waals surface area (Å²) >= 11 is 1.44. The van der Waals surface area contributed by atoms with E-state index in [-0.39, 0.29) is 31.2 Å². The van der Waals surface area contributed by atoms with Crippen LogP contribution in [0.3, 0.4) is 0 Å². The molecule has 1 unspecified atom stereocenters. The summed E-state index contributed by atoms with van der Waals surface area (Å²) in [5, 5.41) is 14.1. The maximum Gasteiger partial charge on any atom is 0.338 e. The third kappa shape index (κ3) is 6.20. The van der Waals surface area contributed by atoms with E-state index in [1.807, 2.05) is 12.1 Å². The van der Waals surface area contributed by atoms with Crippen molar-refractivity contribution in [3.8, 4) is 0 Å². The molecule has 0 aliphatic carbocycles. The zero-order valence-corrected chi connectivity index (χ0v) is 19.8. The molecule has 3 N–H and O–H groups in total. The van der Waals surface area contributed by atoms with E-state index >= 15 is 0 Å². The molecule has 10 nitrogen and oxygen atoms in total. The second kappa shape index (κ2) is 11.4. The molecule has 0 aliphatic rings. The van der Waals surface area contributed by atoms with Crippen molar-refractivity contribution in [1.29, 1.82) is 0 Å². The first-order valence-electron chi connectivity index (χ1n) is 10.9. The maximum absolute atomic E-state index is 12.9. The average Bonchev–Trinajstić information content (AvgIpc) is 3.29. The van der Waals surface area contributed by atoms with Gasteiger partial charge in [-0.15, -0.1) is 21.5 Å². The number of esters is 1. The largest absolute Gasteiger partial charge is 0.457 e. The van der Waals surface area contributed by atoms with Gasteiger partial charge in [0.2, 0.25) is 5.91 Å². The molecule has 0 saturated heterocycles. The molecule has 2 aromatic carbocycles. The molecule has 11 heteroatoms. The lowest BCUT2D eigenvalue weighted by atomic mass is 9.97. The first-order chi connectivity index (χ1) is 17.4. The van der Waals surface area contributed by atoms with Gasteiger partial charge in [0.25, 0.3) is 5.09 Å². The molecule has 0 radical (unpaired) electrons. The van der Waals surface area contributed by atoms with Crippen molar-refractivity contribution in [3.05, 3.63) is 105 Å². The smallest absolute Gasteiger partial charge is 0.338 e. The van der Waals surface area contributed by atoms with Crippen molar-refractivity contribution in [2.75, 3.05) is 11.9 Å². The lowest BCUT2D eigenvalue weighted by Crippen LogP contribution is -2.27. The van der Waals surface area contributed by atoms with Crippen LogP contribution in [0.15, 0.2) is 73.1 Å². The number of carbonyl (C=O) groups is 2. The Labute approximate surface area is 209 Å². The summed E-state index contributed by atoms with van der Waals surface area (Å²) in [6.07, 6.45) is 3.46. The third-order valence-electron chi connectivity index (χ3n) is 5.37. The lowest BCUT2D eigenvalue weighted by molar-refractivity contribution is -0.763. The molecule has 0 bridgehead atoms. The fraction of sp³-hybridized carbons (Fsp3) is 0.160. The van der Waals surface area contributed by atoms with Crippen LogP contribution in [0.5, 0.6) is 0 Å². The highest BCUT2D eigenvalue weighted by Gasteiger charge is 2.20. The number of amides is 1. The van der Waals surface area contributed by atoms with Crippen LogP contribution in [0.1, 0.15) is 33.0 Å². The topological polar surface area (TPSA) is 147 Å². The van der Waals surface area contributed by atoms with Gasteiger partial charge in [0.05, 0.1) is 21.2 Å². The first kappa shape index (κ1) is 24.8. The van der Waals surface area contributed by atoms with E-state index < -0.39 is 17.0 Å². The normalized spacial score (nSPS) is 11.6. The molecule has 1 atom stereocenters. The number of nitrogens with one attached hydrogen (secondary N) is 1. The predicted octanol–water partition coefficient (Wildman–Crippen LogP) is 4.04. The Morgan fingerprint density at radius 3 is 2.61 bits per heavy atom. The third-order valence-corrected chi connectivity index (χ3v) is 6.37. The number of anilines is 1. The molecule has 184 valence electrons. The van der Waals surface area contributed by atoms with E-state index in [9.17, 15) is 19.7 Å². The summed E-state index contributed by atoms with van der Waals surface area (Å²) < 4.78 is 6.33. The fourth-order valence-electron chi connectivity index (χ4n) is 3.54. The zero-order valence-electron chi connectivity index (χ0n) is 19.0. The Kier molecular flexibility index (Phi) is 7.83. The molecule has 4 aromatic rings. The number of ether oxygens (including phenoxy) is 1. The molecular formula is C25H22N4O6S. The number of nitrogens with zero attached hydrogens (tertiary/aromatic N) is 2. The van der Waals surface area contributed by atoms with Crippen LogP contribution < -0.4 is 11.1 Å². The average molecular weight is 507 g/mol. The molecule has 0 aliphatic heterocycles. The van der Waals surface area contributed by atoms with E-state index in [1.54, 1.807) is 54.9 Å². The highest BCUT2D eigenvalue weighted by Crippen LogP contribution is 2.30. The standard InChI is InChI=1S/C25H22N4O6S/c26-12-21(24(30)28-23-11-19-8-9-27-13-22(19)36-23)18-6-4-16(5-7-18)14-34-25(31)20-3-1-2-17(10-20)15-35-29(32)33/h1-11,13,21H,12,14-15,26H2,(H,28,30). The zero-order chi connectivity index (χ0) is 25.5. The van der Waals surface area contributed by atoms with Gasteiger partial charge in [-0.3, -0.25) is 9.78 Å². The minimum absolute atomic E-state index is 0.0179. The van der Waals surface area contributed by atoms with Crippen LogP contribution in [-0.4, -0.2) is 28.5 Å². The van der Waals surface area contributed by atoms with E-state index in [0.717, 1.165) is 26.2 Å². The number of hydrogen-bond acceptors (Lipinski definition) is 9. The van der Waals surface area contributed by atoms with Gasteiger partial charge in [-0.25, -0.2) is 4.79 Å². The molecule has 0 saturated carbocycles. The van der Waals surface area contributed by atoms with E-state index in [0.29, 0.717) is 5.56 Å². The van der Waals surface area contributed by atoms with Crippen molar-refractivity contribution in [2.45, 2.75) is 19.1 Å². The van der Waals surface area contributed by atoms with Gasteiger partial charge < -0.3 is 20.6 Å². The number of aromatic nitrogens is 1. The number of hydrogen-bond donors (Lipinski definition) is 2. The number of nitrogens with two attached hydrogens (primary N) is 1. The van der Waals surface area contributed by atoms with Crippen molar-refractivity contribution >= 4 is 38.3 Å². The summed E-state index contributed by atoms with van der Waals surface area (Å²) in [5.41, 5.74) is 8.11. The number of pyridine rings is 1. The van der Waals surface area contributed by atoms with Gasteiger partial charge in [0.15, 0.2) is 0 Å². The monoisotopic (exact) mass is 506 g/mol. The lowest BCUT2D eigenvalue weighted by Gasteiger charge is -2.15. The second-order valence-electron chi connectivity index (χ2n) is 7.82. The Morgan fingerprint density at radius 1 is 1.08 bits per heavy atom. The van der Waals surface area contributed by atoms with Gasteiger partial charge in [0.1, 0.15) is 13.2 Å². The summed E-state index contributed by atoms with van der Waals surface area (Å²) in [6, 6.07) is 17.1.